The number of carbonyl (C=O) groups excluding carboxylic acids is 1. The predicted molar refractivity (Wildman–Crippen MR) is 69.0 cm³/mol. The van der Waals surface area contributed by atoms with Gasteiger partial charge in [-0.25, -0.2) is 9.97 Å². The molecular formula is C13H11ClN2O2. The lowest BCUT2D eigenvalue weighted by Crippen LogP contribution is -1.96. The molecule has 1 aromatic carbocycles. The first kappa shape index (κ1) is 12.5. The van der Waals surface area contributed by atoms with E-state index in [9.17, 15) is 4.79 Å². The number of hydrogen-bond acceptors (Lipinski definition) is 4. The highest BCUT2D eigenvalue weighted by molar-refractivity contribution is 6.32. The van der Waals surface area contributed by atoms with Crippen LogP contribution in [-0.4, -0.2) is 22.9 Å². The van der Waals surface area contributed by atoms with E-state index in [1.165, 1.54) is 6.33 Å². The van der Waals surface area contributed by atoms with E-state index in [0.717, 1.165) is 11.3 Å². The second-order valence-electron chi connectivity index (χ2n) is 3.50. The van der Waals surface area contributed by atoms with Crippen LogP contribution in [0.3, 0.4) is 0 Å². The molecule has 0 spiro atoms. The molecule has 92 valence electrons. The first-order chi connectivity index (χ1) is 8.76. The van der Waals surface area contributed by atoms with Gasteiger partial charge in [-0.05, 0) is 31.2 Å². The van der Waals surface area contributed by atoms with Crippen molar-refractivity contribution in [3.8, 4) is 17.0 Å². The molecule has 0 atom stereocenters. The van der Waals surface area contributed by atoms with Gasteiger partial charge in [0.2, 0.25) is 0 Å². The molecule has 0 unspecified atom stereocenters. The maximum absolute atomic E-state index is 11.0. The first-order valence-corrected chi connectivity index (χ1v) is 5.83. The van der Waals surface area contributed by atoms with Crippen LogP contribution in [0.4, 0.5) is 0 Å². The number of hydrogen-bond donors (Lipinski definition) is 0. The molecule has 0 bridgehead atoms. The van der Waals surface area contributed by atoms with Crippen molar-refractivity contribution >= 4 is 17.9 Å². The molecule has 1 aromatic heterocycles. The van der Waals surface area contributed by atoms with Crippen LogP contribution in [0, 0.1) is 0 Å². The van der Waals surface area contributed by atoms with E-state index in [0.29, 0.717) is 24.2 Å². The van der Waals surface area contributed by atoms with Crippen LogP contribution in [0.25, 0.3) is 11.3 Å². The Morgan fingerprint density at radius 1 is 1.28 bits per heavy atom. The third kappa shape index (κ3) is 2.49. The summed E-state index contributed by atoms with van der Waals surface area (Å²) in [5, 5.41) is 0.156. The number of halogens is 1. The molecule has 0 aliphatic carbocycles. The molecule has 0 saturated carbocycles. The summed E-state index contributed by atoms with van der Waals surface area (Å²) < 4.78 is 5.35. The van der Waals surface area contributed by atoms with Crippen molar-refractivity contribution in [3.05, 3.63) is 41.3 Å². The standard InChI is InChI=1S/C13H11ClN2O2/c1-2-18-10-5-3-9(4-6-10)12-11(7-17)13(14)16-8-15-12/h3-8H,2H2,1H3. The molecule has 0 fully saturated rings. The molecule has 0 radical (unpaired) electrons. The van der Waals surface area contributed by atoms with Gasteiger partial charge < -0.3 is 4.74 Å². The zero-order chi connectivity index (χ0) is 13.0. The molecule has 0 aliphatic rings. The number of rotatable bonds is 4. The van der Waals surface area contributed by atoms with Crippen LogP contribution in [0.5, 0.6) is 5.75 Å². The summed E-state index contributed by atoms with van der Waals surface area (Å²) in [6, 6.07) is 7.31. The lowest BCUT2D eigenvalue weighted by molar-refractivity contribution is 0.112. The molecule has 2 rings (SSSR count). The average Bonchev–Trinajstić information content (AvgIpc) is 2.40. The maximum atomic E-state index is 11.0. The zero-order valence-electron chi connectivity index (χ0n) is 9.76. The normalized spacial score (nSPS) is 10.1. The van der Waals surface area contributed by atoms with Crippen molar-refractivity contribution < 1.29 is 9.53 Å². The van der Waals surface area contributed by atoms with Crippen molar-refractivity contribution in [2.24, 2.45) is 0 Å². The molecule has 0 aliphatic heterocycles. The second kappa shape index (κ2) is 5.60. The Morgan fingerprint density at radius 2 is 2.00 bits per heavy atom. The number of ether oxygens (including phenoxy) is 1. The van der Waals surface area contributed by atoms with Gasteiger partial charge in [0, 0.05) is 5.56 Å². The van der Waals surface area contributed by atoms with Gasteiger partial charge in [0.25, 0.3) is 0 Å². The van der Waals surface area contributed by atoms with Gasteiger partial charge in [-0.1, -0.05) is 11.6 Å². The minimum atomic E-state index is 0.156. The van der Waals surface area contributed by atoms with Gasteiger partial charge in [0.1, 0.15) is 17.2 Å². The minimum absolute atomic E-state index is 0.156. The van der Waals surface area contributed by atoms with Gasteiger partial charge in [0.05, 0.1) is 17.9 Å². The zero-order valence-corrected chi connectivity index (χ0v) is 10.5. The number of carbonyl (C=O) groups is 1. The Hall–Kier alpha value is -1.94. The summed E-state index contributed by atoms with van der Waals surface area (Å²) in [6.07, 6.45) is 2.00. The Kier molecular flexibility index (Phi) is 3.89. The van der Waals surface area contributed by atoms with Crippen molar-refractivity contribution in [2.45, 2.75) is 6.92 Å². The summed E-state index contributed by atoms with van der Waals surface area (Å²) in [5.74, 6) is 0.772. The van der Waals surface area contributed by atoms with Gasteiger partial charge in [-0.3, -0.25) is 4.79 Å². The van der Waals surface area contributed by atoms with E-state index in [1.54, 1.807) is 0 Å². The van der Waals surface area contributed by atoms with Crippen LogP contribution >= 0.6 is 11.6 Å². The van der Waals surface area contributed by atoms with E-state index in [-0.39, 0.29) is 5.15 Å². The monoisotopic (exact) mass is 262 g/mol. The third-order valence-corrected chi connectivity index (χ3v) is 2.69. The molecular weight excluding hydrogens is 252 g/mol. The van der Waals surface area contributed by atoms with Crippen molar-refractivity contribution in [3.63, 3.8) is 0 Å². The third-order valence-electron chi connectivity index (χ3n) is 2.39. The van der Waals surface area contributed by atoms with E-state index < -0.39 is 0 Å². The van der Waals surface area contributed by atoms with E-state index in [4.69, 9.17) is 16.3 Å². The molecule has 0 saturated heterocycles. The van der Waals surface area contributed by atoms with Crippen molar-refractivity contribution in [1.29, 1.82) is 0 Å². The highest BCUT2D eigenvalue weighted by atomic mass is 35.5. The van der Waals surface area contributed by atoms with E-state index in [2.05, 4.69) is 9.97 Å². The maximum Gasteiger partial charge on any atom is 0.155 e. The molecule has 0 N–H and O–H groups in total. The number of benzene rings is 1. The van der Waals surface area contributed by atoms with Crippen LogP contribution in [0.15, 0.2) is 30.6 Å². The van der Waals surface area contributed by atoms with Crippen LogP contribution in [-0.2, 0) is 0 Å². The SMILES string of the molecule is CCOc1ccc(-c2ncnc(Cl)c2C=O)cc1. The Balaban J connectivity index is 2.42. The summed E-state index contributed by atoms with van der Waals surface area (Å²) in [6.45, 7) is 2.53. The van der Waals surface area contributed by atoms with Crippen molar-refractivity contribution in [2.75, 3.05) is 6.61 Å². The molecule has 18 heavy (non-hydrogen) atoms. The van der Waals surface area contributed by atoms with E-state index in [1.807, 2.05) is 31.2 Å². The fourth-order valence-corrected chi connectivity index (χ4v) is 1.76. The highest BCUT2D eigenvalue weighted by Gasteiger charge is 2.10. The molecule has 0 amide bonds. The van der Waals surface area contributed by atoms with Crippen LogP contribution < -0.4 is 4.74 Å². The second-order valence-corrected chi connectivity index (χ2v) is 3.86. The Morgan fingerprint density at radius 3 is 2.61 bits per heavy atom. The summed E-state index contributed by atoms with van der Waals surface area (Å²) in [7, 11) is 0. The molecule has 4 nitrogen and oxygen atoms in total. The summed E-state index contributed by atoms with van der Waals surface area (Å²) in [4.78, 5) is 18.9. The van der Waals surface area contributed by atoms with Crippen LogP contribution in [0.1, 0.15) is 17.3 Å². The Labute approximate surface area is 110 Å². The van der Waals surface area contributed by atoms with Gasteiger partial charge >= 0.3 is 0 Å². The number of nitrogens with zero attached hydrogens (tertiary/aromatic N) is 2. The fourth-order valence-electron chi connectivity index (χ4n) is 1.58. The Bertz CT molecular complexity index is 555. The summed E-state index contributed by atoms with van der Waals surface area (Å²) >= 11 is 5.85. The number of aromatic nitrogens is 2. The smallest absolute Gasteiger partial charge is 0.155 e. The van der Waals surface area contributed by atoms with Gasteiger partial charge in [-0.2, -0.15) is 0 Å². The lowest BCUT2D eigenvalue weighted by atomic mass is 10.1. The summed E-state index contributed by atoms with van der Waals surface area (Å²) in [5.41, 5.74) is 1.61. The largest absolute Gasteiger partial charge is 0.494 e. The fraction of sp³-hybridized carbons (Fsp3) is 0.154. The van der Waals surface area contributed by atoms with Crippen LogP contribution in [0.2, 0.25) is 5.15 Å². The highest BCUT2D eigenvalue weighted by Crippen LogP contribution is 2.25. The van der Waals surface area contributed by atoms with E-state index >= 15 is 0 Å². The minimum Gasteiger partial charge on any atom is -0.494 e. The lowest BCUT2D eigenvalue weighted by Gasteiger charge is -2.06. The predicted octanol–water partition coefficient (Wildman–Crippen LogP) is 3.01. The molecule has 5 heteroatoms. The van der Waals surface area contributed by atoms with Gasteiger partial charge in [0.15, 0.2) is 6.29 Å². The first-order valence-electron chi connectivity index (χ1n) is 5.45. The average molecular weight is 263 g/mol. The van der Waals surface area contributed by atoms with Crippen molar-refractivity contribution in [1.82, 2.24) is 9.97 Å². The number of aldehydes is 1. The molecule has 2 aromatic rings. The van der Waals surface area contributed by atoms with Gasteiger partial charge in [-0.15, -0.1) is 0 Å². The quantitative estimate of drug-likeness (QED) is 0.628. The molecule has 1 heterocycles. The topological polar surface area (TPSA) is 52.1 Å².